The first-order valence-corrected chi connectivity index (χ1v) is 9.61. The maximum absolute atomic E-state index is 12.5. The standard InChI is InChI=1S/C16H15NO5S2/c18-15(17-11-8-10(9-11)16(19)20)13-6-7-14(23-13)24(21,22)12-4-2-1-3-5-12/h1-7,10-11H,8-9H2,(H,17,18)(H,19,20). The summed E-state index contributed by atoms with van der Waals surface area (Å²) in [6, 6.07) is 10.8. The van der Waals surface area contributed by atoms with E-state index in [9.17, 15) is 18.0 Å². The summed E-state index contributed by atoms with van der Waals surface area (Å²) in [5, 5.41) is 11.6. The highest BCUT2D eigenvalue weighted by Crippen LogP contribution is 2.30. The second kappa shape index (κ2) is 6.37. The molecular weight excluding hydrogens is 350 g/mol. The number of amides is 1. The second-order valence-electron chi connectivity index (χ2n) is 5.61. The van der Waals surface area contributed by atoms with E-state index >= 15 is 0 Å². The first-order chi connectivity index (χ1) is 11.4. The molecule has 1 fully saturated rings. The van der Waals surface area contributed by atoms with Gasteiger partial charge in [-0.05, 0) is 37.1 Å². The molecule has 24 heavy (non-hydrogen) atoms. The monoisotopic (exact) mass is 365 g/mol. The molecule has 0 unspecified atom stereocenters. The Balaban J connectivity index is 1.70. The number of aliphatic carboxylic acids is 1. The molecule has 0 radical (unpaired) electrons. The lowest BCUT2D eigenvalue weighted by Crippen LogP contribution is -2.46. The molecule has 1 aliphatic carbocycles. The molecule has 1 aliphatic rings. The van der Waals surface area contributed by atoms with E-state index in [1.807, 2.05) is 0 Å². The van der Waals surface area contributed by atoms with Crippen molar-refractivity contribution in [3.05, 3.63) is 47.3 Å². The minimum Gasteiger partial charge on any atom is -0.481 e. The van der Waals surface area contributed by atoms with Crippen molar-refractivity contribution < 1.29 is 23.1 Å². The Kier molecular flexibility index (Phi) is 4.42. The van der Waals surface area contributed by atoms with Crippen LogP contribution in [0.4, 0.5) is 0 Å². The molecule has 126 valence electrons. The van der Waals surface area contributed by atoms with Crippen LogP contribution in [0.2, 0.25) is 0 Å². The van der Waals surface area contributed by atoms with Crippen molar-refractivity contribution in [3.63, 3.8) is 0 Å². The molecule has 1 saturated carbocycles. The van der Waals surface area contributed by atoms with Crippen LogP contribution in [0.3, 0.4) is 0 Å². The summed E-state index contributed by atoms with van der Waals surface area (Å²) in [7, 11) is -3.63. The smallest absolute Gasteiger partial charge is 0.306 e. The van der Waals surface area contributed by atoms with Gasteiger partial charge in [0.2, 0.25) is 9.84 Å². The lowest BCUT2D eigenvalue weighted by Gasteiger charge is -2.32. The minimum atomic E-state index is -3.63. The maximum atomic E-state index is 12.5. The number of carboxylic acids is 1. The van der Waals surface area contributed by atoms with Gasteiger partial charge in [0.25, 0.3) is 5.91 Å². The van der Waals surface area contributed by atoms with Crippen molar-refractivity contribution in [2.45, 2.75) is 28.0 Å². The normalized spacial score (nSPS) is 20.2. The number of hydrogen-bond acceptors (Lipinski definition) is 5. The van der Waals surface area contributed by atoms with Gasteiger partial charge in [0, 0.05) is 6.04 Å². The maximum Gasteiger partial charge on any atom is 0.306 e. The van der Waals surface area contributed by atoms with E-state index in [0.29, 0.717) is 17.7 Å². The van der Waals surface area contributed by atoms with Crippen molar-refractivity contribution in [1.29, 1.82) is 0 Å². The third-order valence-electron chi connectivity index (χ3n) is 3.95. The Morgan fingerprint density at radius 2 is 1.75 bits per heavy atom. The Labute approximate surface area is 143 Å². The fraction of sp³-hybridized carbons (Fsp3) is 0.250. The van der Waals surface area contributed by atoms with Gasteiger partial charge in [0.05, 0.1) is 15.7 Å². The summed E-state index contributed by atoms with van der Waals surface area (Å²) >= 11 is 0.910. The lowest BCUT2D eigenvalue weighted by molar-refractivity contribution is -0.145. The number of rotatable bonds is 5. The predicted molar refractivity (Wildman–Crippen MR) is 87.8 cm³/mol. The van der Waals surface area contributed by atoms with Crippen LogP contribution < -0.4 is 5.32 Å². The van der Waals surface area contributed by atoms with Gasteiger partial charge >= 0.3 is 5.97 Å². The Hall–Kier alpha value is -2.19. The van der Waals surface area contributed by atoms with E-state index < -0.39 is 21.7 Å². The fourth-order valence-corrected chi connectivity index (χ4v) is 5.13. The lowest BCUT2D eigenvalue weighted by atomic mass is 9.80. The van der Waals surface area contributed by atoms with Crippen molar-refractivity contribution in [3.8, 4) is 0 Å². The summed E-state index contributed by atoms with van der Waals surface area (Å²) in [5.74, 6) is -1.64. The number of carboxylic acid groups (broad SMARTS) is 1. The van der Waals surface area contributed by atoms with Gasteiger partial charge in [0.1, 0.15) is 4.21 Å². The average molecular weight is 365 g/mol. The van der Waals surface area contributed by atoms with E-state index in [-0.39, 0.29) is 21.1 Å². The highest BCUT2D eigenvalue weighted by atomic mass is 32.2. The third kappa shape index (κ3) is 3.20. The summed E-state index contributed by atoms with van der Waals surface area (Å²) < 4.78 is 25.1. The Bertz CT molecular complexity index is 867. The molecule has 1 aromatic carbocycles. The Morgan fingerprint density at radius 3 is 2.38 bits per heavy atom. The molecule has 0 saturated heterocycles. The van der Waals surface area contributed by atoms with Gasteiger partial charge < -0.3 is 10.4 Å². The molecule has 0 bridgehead atoms. The number of thiophene rings is 1. The van der Waals surface area contributed by atoms with Crippen LogP contribution in [-0.4, -0.2) is 31.4 Å². The molecule has 0 spiro atoms. The molecular formula is C16H15NO5S2. The van der Waals surface area contributed by atoms with Gasteiger partial charge in [-0.2, -0.15) is 0 Å². The van der Waals surface area contributed by atoms with Gasteiger partial charge in [-0.3, -0.25) is 9.59 Å². The largest absolute Gasteiger partial charge is 0.481 e. The van der Waals surface area contributed by atoms with Crippen LogP contribution >= 0.6 is 11.3 Å². The summed E-state index contributed by atoms with van der Waals surface area (Å²) in [5.41, 5.74) is 0. The molecule has 2 N–H and O–H groups in total. The zero-order valence-electron chi connectivity index (χ0n) is 12.5. The topological polar surface area (TPSA) is 101 Å². The van der Waals surface area contributed by atoms with Crippen LogP contribution in [0.25, 0.3) is 0 Å². The zero-order valence-corrected chi connectivity index (χ0v) is 14.1. The average Bonchev–Trinajstić information content (AvgIpc) is 3.01. The Morgan fingerprint density at radius 1 is 1.08 bits per heavy atom. The number of hydrogen-bond donors (Lipinski definition) is 2. The zero-order chi connectivity index (χ0) is 17.3. The molecule has 0 aliphatic heterocycles. The quantitative estimate of drug-likeness (QED) is 0.846. The molecule has 6 nitrogen and oxygen atoms in total. The van der Waals surface area contributed by atoms with Crippen LogP contribution in [0.1, 0.15) is 22.5 Å². The van der Waals surface area contributed by atoms with Crippen LogP contribution in [0.5, 0.6) is 0 Å². The van der Waals surface area contributed by atoms with E-state index in [4.69, 9.17) is 5.11 Å². The molecule has 2 aromatic rings. The molecule has 1 amide bonds. The van der Waals surface area contributed by atoms with Gasteiger partial charge in [-0.25, -0.2) is 8.42 Å². The van der Waals surface area contributed by atoms with Crippen LogP contribution in [0, 0.1) is 5.92 Å². The molecule has 8 heteroatoms. The van der Waals surface area contributed by atoms with Gasteiger partial charge in [-0.1, -0.05) is 18.2 Å². The highest BCUT2D eigenvalue weighted by molar-refractivity contribution is 7.93. The summed E-state index contributed by atoms with van der Waals surface area (Å²) in [4.78, 5) is 23.4. The van der Waals surface area contributed by atoms with Crippen LogP contribution in [0.15, 0.2) is 51.6 Å². The summed E-state index contributed by atoms with van der Waals surface area (Å²) in [6.45, 7) is 0. The summed E-state index contributed by atoms with van der Waals surface area (Å²) in [6.07, 6.45) is 0.809. The molecule has 0 atom stereocenters. The number of sulfone groups is 1. The second-order valence-corrected chi connectivity index (χ2v) is 8.87. The van der Waals surface area contributed by atoms with E-state index in [1.165, 1.54) is 24.3 Å². The predicted octanol–water partition coefficient (Wildman–Crippen LogP) is 2.17. The molecule has 3 rings (SSSR count). The first kappa shape index (κ1) is 16.7. The molecule has 1 aromatic heterocycles. The van der Waals surface area contributed by atoms with Gasteiger partial charge in [-0.15, -0.1) is 11.3 Å². The third-order valence-corrected chi connectivity index (χ3v) is 7.29. The van der Waals surface area contributed by atoms with E-state index in [0.717, 1.165) is 11.3 Å². The number of benzene rings is 1. The van der Waals surface area contributed by atoms with Crippen molar-refractivity contribution in [2.75, 3.05) is 0 Å². The van der Waals surface area contributed by atoms with E-state index in [1.54, 1.807) is 18.2 Å². The number of carbonyl (C=O) groups is 2. The van der Waals surface area contributed by atoms with Crippen molar-refractivity contribution >= 4 is 33.1 Å². The van der Waals surface area contributed by atoms with Gasteiger partial charge in [0.15, 0.2) is 0 Å². The van der Waals surface area contributed by atoms with Crippen LogP contribution in [-0.2, 0) is 14.6 Å². The number of nitrogens with one attached hydrogen (secondary N) is 1. The first-order valence-electron chi connectivity index (χ1n) is 7.31. The minimum absolute atomic E-state index is 0.107. The van der Waals surface area contributed by atoms with Crippen molar-refractivity contribution in [2.24, 2.45) is 5.92 Å². The number of carbonyl (C=O) groups excluding carboxylic acids is 1. The molecule has 1 heterocycles. The highest BCUT2D eigenvalue weighted by Gasteiger charge is 2.35. The van der Waals surface area contributed by atoms with Crippen molar-refractivity contribution in [1.82, 2.24) is 5.32 Å². The fourth-order valence-electron chi connectivity index (χ4n) is 2.50. The van der Waals surface area contributed by atoms with E-state index in [2.05, 4.69) is 5.32 Å². The SMILES string of the molecule is O=C(NC1CC(C(=O)O)C1)c1ccc(S(=O)(=O)c2ccccc2)s1.